The molecule has 5 heteroatoms. The summed E-state index contributed by atoms with van der Waals surface area (Å²) in [4.78, 5) is 8.88. The second-order valence-corrected chi connectivity index (χ2v) is 6.27. The van der Waals surface area contributed by atoms with Gasteiger partial charge in [0, 0.05) is 23.3 Å². The molecule has 0 spiro atoms. The molecule has 0 unspecified atom stereocenters. The number of thiazole rings is 1. The number of hydrogen-bond acceptors (Lipinski definition) is 4. The lowest BCUT2D eigenvalue weighted by molar-refractivity contribution is 0.786. The number of nitrogens with one attached hydrogen (secondary N) is 1. The van der Waals surface area contributed by atoms with E-state index in [1.807, 2.05) is 36.8 Å². The van der Waals surface area contributed by atoms with Gasteiger partial charge in [0.1, 0.15) is 11.5 Å². The third-order valence-electron chi connectivity index (χ3n) is 3.63. The maximum Gasteiger partial charge on any atom is 0.136 e. The van der Waals surface area contributed by atoms with Gasteiger partial charge < -0.3 is 9.88 Å². The van der Waals surface area contributed by atoms with Crippen LogP contribution >= 0.6 is 11.3 Å². The first-order valence-corrected chi connectivity index (χ1v) is 8.18. The average Bonchev–Trinajstić information content (AvgIpc) is 3.20. The van der Waals surface area contributed by atoms with Crippen LogP contribution < -0.4 is 5.32 Å². The predicted octanol–water partition coefficient (Wildman–Crippen LogP) is 3.11. The highest BCUT2D eigenvalue weighted by atomic mass is 32.1. The van der Waals surface area contributed by atoms with E-state index in [0.717, 1.165) is 28.6 Å². The first-order valence-electron chi connectivity index (χ1n) is 7.30. The minimum atomic E-state index is 0.811. The van der Waals surface area contributed by atoms with Crippen LogP contribution in [0.2, 0.25) is 0 Å². The SMILES string of the molecule is Cc1nc(C#Cc2ccc(-n3ccc4c3CNC=C4)nc2)cs1. The van der Waals surface area contributed by atoms with E-state index in [1.165, 1.54) is 11.3 Å². The minimum absolute atomic E-state index is 0.811. The van der Waals surface area contributed by atoms with E-state index in [2.05, 4.69) is 43.8 Å². The molecule has 4 rings (SSSR count). The molecule has 4 nitrogen and oxygen atoms in total. The van der Waals surface area contributed by atoms with Gasteiger partial charge in [-0.3, -0.25) is 0 Å². The molecule has 4 heterocycles. The van der Waals surface area contributed by atoms with Gasteiger partial charge in [-0.2, -0.15) is 0 Å². The maximum atomic E-state index is 4.54. The molecule has 0 aromatic carbocycles. The number of nitrogens with zero attached hydrogens (tertiary/aromatic N) is 3. The summed E-state index contributed by atoms with van der Waals surface area (Å²) in [6.45, 7) is 2.79. The Balaban J connectivity index is 1.60. The number of fused-ring (bicyclic) bond motifs is 1. The second kappa shape index (κ2) is 5.75. The molecule has 1 aliphatic rings. The van der Waals surface area contributed by atoms with Crippen molar-refractivity contribution in [1.29, 1.82) is 0 Å². The fourth-order valence-electron chi connectivity index (χ4n) is 2.50. The van der Waals surface area contributed by atoms with Crippen LogP contribution in [0.4, 0.5) is 0 Å². The van der Waals surface area contributed by atoms with Crippen LogP contribution in [0.3, 0.4) is 0 Å². The van der Waals surface area contributed by atoms with Crippen molar-refractivity contribution in [3.05, 3.63) is 69.7 Å². The fourth-order valence-corrected chi connectivity index (χ4v) is 3.04. The lowest BCUT2D eigenvalue weighted by Gasteiger charge is -2.12. The molecular formula is C18H14N4S. The highest BCUT2D eigenvalue weighted by molar-refractivity contribution is 7.09. The zero-order chi connectivity index (χ0) is 15.6. The van der Waals surface area contributed by atoms with Crippen LogP contribution in [0.25, 0.3) is 11.9 Å². The Morgan fingerprint density at radius 3 is 3.00 bits per heavy atom. The summed E-state index contributed by atoms with van der Waals surface area (Å²) < 4.78 is 2.10. The monoisotopic (exact) mass is 318 g/mol. The zero-order valence-corrected chi connectivity index (χ0v) is 13.4. The Morgan fingerprint density at radius 2 is 2.22 bits per heavy atom. The van der Waals surface area contributed by atoms with Gasteiger partial charge in [0.15, 0.2) is 0 Å². The number of hydrogen-bond donors (Lipinski definition) is 1. The third-order valence-corrected chi connectivity index (χ3v) is 4.40. The molecule has 0 bridgehead atoms. The molecule has 0 atom stereocenters. The normalized spacial score (nSPS) is 12.2. The van der Waals surface area contributed by atoms with E-state index in [1.54, 1.807) is 17.5 Å². The molecule has 3 aromatic heterocycles. The van der Waals surface area contributed by atoms with E-state index < -0.39 is 0 Å². The van der Waals surface area contributed by atoms with Crippen LogP contribution in [-0.2, 0) is 6.54 Å². The van der Waals surface area contributed by atoms with Gasteiger partial charge in [0.05, 0.1) is 17.2 Å². The molecular weight excluding hydrogens is 304 g/mol. The third kappa shape index (κ3) is 2.77. The first kappa shape index (κ1) is 13.8. The summed E-state index contributed by atoms with van der Waals surface area (Å²) in [5.41, 5.74) is 4.15. The summed E-state index contributed by atoms with van der Waals surface area (Å²) in [6.07, 6.45) is 7.90. The average molecular weight is 318 g/mol. The molecule has 23 heavy (non-hydrogen) atoms. The van der Waals surface area contributed by atoms with Crippen molar-refractivity contribution >= 4 is 17.4 Å². The highest BCUT2D eigenvalue weighted by Crippen LogP contribution is 2.19. The Kier molecular flexibility index (Phi) is 3.45. The second-order valence-electron chi connectivity index (χ2n) is 5.21. The molecule has 112 valence electrons. The van der Waals surface area contributed by atoms with Crippen LogP contribution in [0.1, 0.15) is 27.5 Å². The first-order chi connectivity index (χ1) is 11.3. The quantitative estimate of drug-likeness (QED) is 0.701. The molecule has 0 fully saturated rings. The Labute approximate surface area is 138 Å². The summed E-state index contributed by atoms with van der Waals surface area (Å²) in [7, 11) is 0. The fraction of sp³-hybridized carbons (Fsp3) is 0.111. The van der Waals surface area contributed by atoms with Crippen LogP contribution in [0.15, 0.2) is 42.2 Å². The van der Waals surface area contributed by atoms with Gasteiger partial charge >= 0.3 is 0 Å². The molecule has 0 radical (unpaired) electrons. The van der Waals surface area contributed by atoms with Gasteiger partial charge in [-0.25, -0.2) is 9.97 Å². The largest absolute Gasteiger partial charge is 0.385 e. The summed E-state index contributed by atoms with van der Waals surface area (Å²) in [6, 6.07) is 6.09. The van der Waals surface area contributed by atoms with E-state index >= 15 is 0 Å². The van der Waals surface area contributed by atoms with Crippen LogP contribution in [-0.4, -0.2) is 14.5 Å². The maximum absolute atomic E-state index is 4.54. The molecule has 0 saturated heterocycles. The molecule has 1 N–H and O–H groups in total. The number of rotatable bonds is 1. The summed E-state index contributed by atoms with van der Waals surface area (Å²) in [5, 5.41) is 6.23. The van der Waals surface area contributed by atoms with Crippen molar-refractivity contribution < 1.29 is 0 Å². The van der Waals surface area contributed by atoms with Crippen molar-refractivity contribution in [3.8, 4) is 17.7 Å². The zero-order valence-electron chi connectivity index (χ0n) is 12.6. The van der Waals surface area contributed by atoms with Gasteiger partial charge in [-0.05, 0) is 48.9 Å². The van der Waals surface area contributed by atoms with E-state index in [0.29, 0.717) is 0 Å². The Morgan fingerprint density at radius 1 is 1.26 bits per heavy atom. The predicted molar refractivity (Wildman–Crippen MR) is 92.3 cm³/mol. The minimum Gasteiger partial charge on any atom is -0.385 e. The Hall–Kier alpha value is -2.84. The van der Waals surface area contributed by atoms with Gasteiger partial charge in [-0.15, -0.1) is 11.3 Å². The van der Waals surface area contributed by atoms with E-state index in [9.17, 15) is 0 Å². The van der Waals surface area contributed by atoms with Gasteiger partial charge in [-0.1, -0.05) is 5.92 Å². The van der Waals surface area contributed by atoms with E-state index in [-0.39, 0.29) is 0 Å². The van der Waals surface area contributed by atoms with Crippen molar-refractivity contribution in [1.82, 2.24) is 19.9 Å². The van der Waals surface area contributed by atoms with Gasteiger partial charge in [0.2, 0.25) is 0 Å². The number of aryl methyl sites for hydroxylation is 1. The lowest BCUT2D eigenvalue weighted by Crippen LogP contribution is -2.13. The lowest BCUT2D eigenvalue weighted by atomic mass is 10.2. The van der Waals surface area contributed by atoms with Crippen LogP contribution in [0, 0.1) is 18.8 Å². The standard InChI is InChI=1S/C18H14N4S/c1-13-21-16(12-23-13)4-2-14-3-5-18(20-10-14)22-9-7-15-6-8-19-11-17(15)22/h3,5-10,12,19H,11H2,1H3. The molecule has 0 aliphatic carbocycles. The summed E-state index contributed by atoms with van der Waals surface area (Å²) >= 11 is 1.61. The van der Waals surface area contributed by atoms with E-state index in [4.69, 9.17) is 0 Å². The molecule has 3 aromatic rings. The van der Waals surface area contributed by atoms with Crippen LogP contribution in [0.5, 0.6) is 0 Å². The number of pyridine rings is 1. The molecule has 0 saturated carbocycles. The smallest absolute Gasteiger partial charge is 0.136 e. The van der Waals surface area contributed by atoms with Crippen molar-refractivity contribution in [2.45, 2.75) is 13.5 Å². The molecule has 1 aliphatic heterocycles. The highest BCUT2D eigenvalue weighted by Gasteiger charge is 2.11. The van der Waals surface area contributed by atoms with Crippen molar-refractivity contribution in [2.24, 2.45) is 0 Å². The van der Waals surface area contributed by atoms with Crippen molar-refractivity contribution in [3.63, 3.8) is 0 Å². The van der Waals surface area contributed by atoms with Crippen molar-refractivity contribution in [2.75, 3.05) is 0 Å². The molecule has 0 amide bonds. The number of aromatic nitrogens is 3. The topological polar surface area (TPSA) is 42.7 Å². The Bertz CT molecular complexity index is 936. The van der Waals surface area contributed by atoms with Gasteiger partial charge in [0.25, 0.3) is 0 Å². The summed E-state index contributed by atoms with van der Waals surface area (Å²) in [5.74, 6) is 7.08.